The summed E-state index contributed by atoms with van der Waals surface area (Å²) < 4.78 is 95.6. The molecule has 6 rings (SSSR count). The summed E-state index contributed by atoms with van der Waals surface area (Å²) in [6.07, 6.45) is 10.5. The van der Waals surface area contributed by atoms with Crippen LogP contribution >= 0.6 is 0 Å². The zero-order valence-corrected chi connectivity index (χ0v) is 37.8. The topological polar surface area (TPSA) is 149 Å². The number of allylic oxidation sites excluding steroid dienone is 7. The van der Waals surface area contributed by atoms with E-state index in [9.17, 15) is 34.4 Å². The average Bonchev–Trinajstić information content (AvgIpc) is 3.72. The second kappa shape index (κ2) is 17.6. The van der Waals surface area contributed by atoms with E-state index in [0.29, 0.717) is 62.8 Å². The maximum atomic E-state index is 14.6. The first-order valence-electron chi connectivity index (χ1n) is 19.0. The molecule has 57 heavy (non-hydrogen) atoms. The van der Waals surface area contributed by atoms with Gasteiger partial charge in [0.2, 0.25) is 15.5 Å². The maximum absolute atomic E-state index is 14.6. The number of sulfone groups is 1. The van der Waals surface area contributed by atoms with Gasteiger partial charge in [0.15, 0.2) is 5.71 Å². The first kappa shape index (κ1) is 45.0. The molecule has 2 N–H and O–H groups in total. The van der Waals surface area contributed by atoms with Crippen molar-refractivity contribution in [2.24, 2.45) is 0 Å². The summed E-state index contributed by atoms with van der Waals surface area (Å²) in [5.74, 6) is -0.629. The molecule has 14 heteroatoms. The van der Waals surface area contributed by atoms with E-state index >= 15 is 0 Å². The molecule has 2 heterocycles. The minimum absolute atomic E-state index is 0. The van der Waals surface area contributed by atoms with Gasteiger partial charge in [0, 0.05) is 47.5 Å². The van der Waals surface area contributed by atoms with Crippen LogP contribution in [0.25, 0.3) is 0 Å². The molecule has 3 aliphatic rings. The van der Waals surface area contributed by atoms with Gasteiger partial charge in [-0.3, -0.25) is 9.11 Å². The maximum Gasteiger partial charge on any atom is 1.00 e. The van der Waals surface area contributed by atoms with Gasteiger partial charge < -0.3 is 4.90 Å². The molecule has 0 saturated heterocycles. The van der Waals surface area contributed by atoms with Gasteiger partial charge in [0.1, 0.15) is 6.54 Å². The standard InChI is InChI=1S/C43H50N2O8S3.Na/c1-42(2)35-18-8-10-20-37(35)44(28-12-14-30-54(46,47)48)39(42)26-24-32-22-23-33(41(32)56(52,53)34-16-6-5-7-17-34)25-27-40-43(3,4)36-19-9-11-21-38(36)45(40)29-13-15-31-55(49,50)51;/h5-11,16-21,24-27H,12-15,22-23,28-31H2,1-4H3,(H-,46,47,48,49,50,51);/q;+1/p+1. The van der Waals surface area contributed by atoms with Crippen LogP contribution in [0.5, 0.6) is 0 Å². The summed E-state index contributed by atoms with van der Waals surface area (Å²) in [6, 6.07) is 24.6. The second-order valence-electron chi connectivity index (χ2n) is 15.7. The van der Waals surface area contributed by atoms with Gasteiger partial charge in [-0.2, -0.15) is 21.4 Å². The zero-order chi connectivity index (χ0) is 40.5. The third kappa shape index (κ3) is 9.84. The number of anilines is 1. The summed E-state index contributed by atoms with van der Waals surface area (Å²) in [5, 5.41) is 0. The van der Waals surface area contributed by atoms with E-state index in [1.165, 1.54) is 0 Å². The Kier molecular flexibility index (Phi) is 13.9. The fourth-order valence-electron chi connectivity index (χ4n) is 8.31. The molecule has 298 valence electrons. The molecule has 10 nitrogen and oxygen atoms in total. The van der Waals surface area contributed by atoms with Crippen LogP contribution in [0.4, 0.5) is 11.4 Å². The van der Waals surface area contributed by atoms with Crippen molar-refractivity contribution < 1.29 is 68.5 Å². The predicted molar refractivity (Wildman–Crippen MR) is 223 cm³/mol. The molecule has 2 aliphatic heterocycles. The summed E-state index contributed by atoms with van der Waals surface area (Å²) in [4.78, 5) is 2.65. The molecule has 0 bridgehead atoms. The molecule has 0 atom stereocenters. The van der Waals surface area contributed by atoms with Crippen LogP contribution in [-0.4, -0.2) is 69.2 Å². The quantitative estimate of drug-likeness (QED) is 0.0925. The Hall–Kier alpha value is -3.14. The molecular weight excluding hydrogens is 792 g/mol. The van der Waals surface area contributed by atoms with Crippen LogP contribution in [0.1, 0.15) is 77.3 Å². The van der Waals surface area contributed by atoms with Crippen molar-refractivity contribution in [3.63, 3.8) is 0 Å². The van der Waals surface area contributed by atoms with Gasteiger partial charge in [-0.05, 0) is 86.9 Å². The first-order valence-corrected chi connectivity index (χ1v) is 23.7. The van der Waals surface area contributed by atoms with Crippen LogP contribution in [0.2, 0.25) is 0 Å². The van der Waals surface area contributed by atoms with Gasteiger partial charge in [-0.25, -0.2) is 8.42 Å². The number of hydrogen-bond donors (Lipinski definition) is 2. The van der Waals surface area contributed by atoms with Gasteiger partial charge in [0.05, 0.1) is 26.7 Å². The number of benzene rings is 3. The van der Waals surface area contributed by atoms with Gasteiger partial charge >= 0.3 is 29.6 Å². The fraction of sp³-hybridized carbons (Fsp3) is 0.372. The minimum atomic E-state index is -4.07. The predicted octanol–water partition coefficient (Wildman–Crippen LogP) is 5.09. The van der Waals surface area contributed by atoms with E-state index in [0.717, 1.165) is 33.9 Å². The van der Waals surface area contributed by atoms with Gasteiger partial charge in [0.25, 0.3) is 20.2 Å². The molecule has 3 aromatic rings. The SMILES string of the molecule is CC1(C)C(/C=C/C2=C(S(=O)(=O)c3ccccc3)C(=C/C=C3/N(CCCCS(=O)(=O)O)c4ccccc4C3(C)C)/CC2)=[N+](CCCCS(=O)(=O)O)c2ccccc21.[Na+]. The van der Waals surface area contributed by atoms with Crippen LogP contribution in [0, 0.1) is 0 Å². The molecule has 0 unspecified atom stereocenters. The number of fused-ring (bicyclic) bond motifs is 2. The molecule has 1 aliphatic carbocycles. The van der Waals surface area contributed by atoms with E-state index in [4.69, 9.17) is 0 Å². The Balaban J connectivity index is 0.00000620. The molecule has 3 aromatic carbocycles. The summed E-state index contributed by atoms with van der Waals surface area (Å²) in [6.45, 7) is 9.55. The third-order valence-corrected chi connectivity index (χ3v) is 14.7. The third-order valence-electron chi connectivity index (χ3n) is 11.1. The van der Waals surface area contributed by atoms with Crippen LogP contribution < -0.4 is 34.5 Å². The Morgan fingerprint density at radius 1 is 0.684 bits per heavy atom. The average molecular weight is 843 g/mol. The Labute approximate surface area is 360 Å². The summed E-state index contributed by atoms with van der Waals surface area (Å²) in [5.41, 5.74) is 6.71. The molecule has 0 saturated carbocycles. The van der Waals surface area contributed by atoms with Crippen molar-refractivity contribution in [3.05, 3.63) is 136 Å². The largest absolute Gasteiger partial charge is 1.00 e. The van der Waals surface area contributed by atoms with Gasteiger partial charge in [-0.15, -0.1) is 0 Å². The molecule has 0 amide bonds. The molecule has 0 aromatic heterocycles. The van der Waals surface area contributed by atoms with Crippen LogP contribution in [-0.2, 0) is 40.9 Å². The number of hydrogen-bond acceptors (Lipinski definition) is 7. The fourth-order valence-corrected chi connectivity index (χ4v) is 11.2. The van der Waals surface area contributed by atoms with E-state index in [1.807, 2.05) is 60.7 Å². The van der Waals surface area contributed by atoms with Crippen molar-refractivity contribution in [2.75, 3.05) is 29.5 Å². The summed E-state index contributed by atoms with van der Waals surface area (Å²) >= 11 is 0. The second-order valence-corrected chi connectivity index (χ2v) is 20.7. The van der Waals surface area contributed by atoms with E-state index in [1.54, 1.807) is 30.3 Å². The summed E-state index contributed by atoms with van der Waals surface area (Å²) in [7, 11) is -12.1. The van der Waals surface area contributed by atoms with Crippen molar-refractivity contribution in [2.45, 2.75) is 81.9 Å². The molecular formula is C43H51N2NaO8S3+2. The Bertz CT molecular complexity index is 2500. The minimum Gasteiger partial charge on any atom is -0.344 e. The smallest absolute Gasteiger partial charge is 0.344 e. The van der Waals surface area contributed by atoms with Crippen molar-refractivity contribution >= 4 is 47.2 Å². The number of nitrogens with zero attached hydrogens (tertiary/aromatic N) is 2. The number of unbranched alkanes of at least 4 members (excludes halogenated alkanes) is 2. The van der Waals surface area contributed by atoms with E-state index in [-0.39, 0.29) is 50.9 Å². The zero-order valence-electron chi connectivity index (χ0n) is 33.3. The Morgan fingerprint density at radius 3 is 1.95 bits per heavy atom. The van der Waals surface area contributed by atoms with Crippen LogP contribution in [0.3, 0.4) is 0 Å². The van der Waals surface area contributed by atoms with Crippen LogP contribution in [0.15, 0.2) is 130 Å². The van der Waals surface area contributed by atoms with Crippen molar-refractivity contribution in [1.29, 1.82) is 0 Å². The molecule has 0 radical (unpaired) electrons. The normalized spacial score (nSPS) is 19.2. The monoisotopic (exact) mass is 842 g/mol. The van der Waals surface area contributed by atoms with Crippen molar-refractivity contribution in [3.8, 4) is 0 Å². The molecule has 0 spiro atoms. The van der Waals surface area contributed by atoms with Gasteiger partial charge in [-0.1, -0.05) is 80.6 Å². The molecule has 0 fully saturated rings. The van der Waals surface area contributed by atoms with E-state index in [2.05, 4.69) is 49.3 Å². The Morgan fingerprint density at radius 2 is 1.28 bits per heavy atom. The number of para-hydroxylation sites is 2. The van der Waals surface area contributed by atoms with E-state index < -0.39 is 40.9 Å². The number of rotatable bonds is 15. The first-order chi connectivity index (χ1) is 26.3. The van der Waals surface area contributed by atoms with Crippen molar-refractivity contribution in [1.82, 2.24) is 0 Å².